The summed E-state index contributed by atoms with van der Waals surface area (Å²) in [7, 11) is 2.18. The maximum Gasteiger partial charge on any atom is 0.314 e. The minimum atomic E-state index is 0.0181. The van der Waals surface area contributed by atoms with E-state index in [-0.39, 0.29) is 6.03 Å². The number of likely N-dealkylation sites (tertiary alicyclic amines) is 2. The van der Waals surface area contributed by atoms with Crippen molar-refractivity contribution in [3.63, 3.8) is 0 Å². The van der Waals surface area contributed by atoms with E-state index in [1.165, 1.54) is 51.6 Å². The Balaban J connectivity index is 1.30. The van der Waals surface area contributed by atoms with Crippen LogP contribution in [0.25, 0.3) is 0 Å². The number of hydrogen-bond donors (Lipinski definition) is 2. The quantitative estimate of drug-likeness (QED) is 0.802. The van der Waals surface area contributed by atoms with Crippen molar-refractivity contribution >= 4 is 6.03 Å². The maximum absolute atomic E-state index is 11.9. The number of nitrogens with one attached hydrogen (secondary N) is 2. The van der Waals surface area contributed by atoms with E-state index >= 15 is 0 Å². The molecule has 5 nitrogen and oxygen atoms in total. The lowest BCUT2D eigenvalue weighted by Crippen LogP contribution is -2.55. The second kappa shape index (κ2) is 6.97. The van der Waals surface area contributed by atoms with Crippen molar-refractivity contribution in [1.82, 2.24) is 20.4 Å². The van der Waals surface area contributed by atoms with Crippen LogP contribution in [-0.4, -0.2) is 67.7 Å². The van der Waals surface area contributed by atoms with E-state index in [2.05, 4.69) is 27.5 Å². The molecule has 5 heteroatoms. The van der Waals surface area contributed by atoms with Crippen LogP contribution in [-0.2, 0) is 0 Å². The molecule has 21 heavy (non-hydrogen) atoms. The van der Waals surface area contributed by atoms with E-state index < -0.39 is 0 Å². The van der Waals surface area contributed by atoms with E-state index in [9.17, 15) is 4.79 Å². The molecule has 0 bridgehead atoms. The van der Waals surface area contributed by atoms with E-state index in [4.69, 9.17) is 0 Å². The van der Waals surface area contributed by atoms with Crippen LogP contribution >= 0.6 is 0 Å². The van der Waals surface area contributed by atoms with Gasteiger partial charge in [-0.25, -0.2) is 4.79 Å². The smallest absolute Gasteiger partial charge is 0.314 e. The molecule has 120 valence electrons. The molecule has 3 rings (SSSR count). The van der Waals surface area contributed by atoms with Crippen LogP contribution in [0.15, 0.2) is 0 Å². The Labute approximate surface area is 128 Å². The number of carbonyl (C=O) groups excluding carboxylic acids is 1. The van der Waals surface area contributed by atoms with Crippen molar-refractivity contribution in [3.8, 4) is 0 Å². The van der Waals surface area contributed by atoms with Crippen LogP contribution in [0.5, 0.6) is 0 Å². The molecule has 0 aromatic carbocycles. The van der Waals surface area contributed by atoms with Gasteiger partial charge in [-0.2, -0.15) is 0 Å². The fraction of sp³-hybridized carbons (Fsp3) is 0.938. The monoisotopic (exact) mass is 294 g/mol. The molecule has 0 radical (unpaired) electrons. The zero-order valence-electron chi connectivity index (χ0n) is 13.3. The summed E-state index contributed by atoms with van der Waals surface area (Å²) in [5, 5.41) is 6.13. The fourth-order valence-corrected chi connectivity index (χ4v) is 3.68. The fourth-order valence-electron chi connectivity index (χ4n) is 3.68. The summed E-state index contributed by atoms with van der Waals surface area (Å²) < 4.78 is 0. The molecule has 2 N–H and O–H groups in total. The van der Waals surface area contributed by atoms with Crippen molar-refractivity contribution in [2.45, 2.75) is 50.6 Å². The van der Waals surface area contributed by atoms with E-state index in [1.54, 1.807) is 0 Å². The van der Waals surface area contributed by atoms with Crippen LogP contribution in [0.2, 0.25) is 0 Å². The van der Waals surface area contributed by atoms with Gasteiger partial charge in [0.1, 0.15) is 0 Å². The van der Waals surface area contributed by atoms with Gasteiger partial charge in [0.2, 0.25) is 0 Å². The summed E-state index contributed by atoms with van der Waals surface area (Å²) in [6.07, 6.45) is 7.78. The number of amides is 2. The van der Waals surface area contributed by atoms with Crippen LogP contribution in [0.4, 0.5) is 4.79 Å². The van der Waals surface area contributed by atoms with Crippen LogP contribution in [0.3, 0.4) is 0 Å². The highest BCUT2D eigenvalue weighted by molar-refractivity contribution is 5.73. The van der Waals surface area contributed by atoms with Crippen molar-refractivity contribution < 1.29 is 4.79 Å². The predicted molar refractivity (Wildman–Crippen MR) is 84.4 cm³/mol. The van der Waals surface area contributed by atoms with Crippen molar-refractivity contribution in [2.24, 2.45) is 5.92 Å². The largest absolute Gasteiger partial charge is 0.338 e. The Morgan fingerprint density at radius 2 is 1.86 bits per heavy atom. The normalized spacial score (nSPS) is 31.3. The lowest BCUT2D eigenvalue weighted by atomic mass is 10.0. The molecule has 2 saturated heterocycles. The van der Waals surface area contributed by atoms with Gasteiger partial charge in [0.15, 0.2) is 0 Å². The van der Waals surface area contributed by atoms with Crippen molar-refractivity contribution in [3.05, 3.63) is 0 Å². The molecule has 3 fully saturated rings. The lowest BCUT2D eigenvalue weighted by Gasteiger charge is -2.41. The summed E-state index contributed by atoms with van der Waals surface area (Å²) in [5.41, 5.74) is 0. The third-order valence-corrected chi connectivity index (χ3v) is 5.23. The zero-order valence-corrected chi connectivity index (χ0v) is 13.3. The number of urea groups is 1. The first kappa shape index (κ1) is 15.1. The third kappa shape index (κ3) is 4.33. The standard InChI is InChI=1S/C16H30N4O/c1-19-8-3-2-4-13(12-19)10-17-16(21)18-11-15-7-9-20(15)14-5-6-14/h13-15H,2-12H2,1H3,(H2,17,18,21). The van der Waals surface area contributed by atoms with Gasteiger partial charge in [0.05, 0.1) is 0 Å². The number of hydrogen-bond acceptors (Lipinski definition) is 3. The van der Waals surface area contributed by atoms with Gasteiger partial charge < -0.3 is 15.5 Å². The summed E-state index contributed by atoms with van der Waals surface area (Å²) >= 11 is 0. The van der Waals surface area contributed by atoms with Gasteiger partial charge in [0, 0.05) is 38.3 Å². The Morgan fingerprint density at radius 3 is 2.57 bits per heavy atom. The summed E-state index contributed by atoms with van der Waals surface area (Å²) in [4.78, 5) is 16.9. The third-order valence-electron chi connectivity index (χ3n) is 5.23. The highest BCUT2D eigenvalue weighted by Crippen LogP contribution is 2.33. The molecular weight excluding hydrogens is 264 g/mol. The molecule has 2 unspecified atom stereocenters. The van der Waals surface area contributed by atoms with Gasteiger partial charge in [0.25, 0.3) is 0 Å². The van der Waals surface area contributed by atoms with Crippen LogP contribution in [0.1, 0.15) is 38.5 Å². The molecule has 0 spiro atoms. The maximum atomic E-state index is 11.9. The molecule has 2 aliphatic heterocycles. The van der Waals surface area contributed by atoms with Crippen LogP contribution < -0.4 is 10.6 Å². The minimum absolute atomic E-state index is 0.0181. The second-order valence-corrected chi connectivity index (χ2v) is 7.13. The van der Waals surface area contributed by atoms with E-state index in [1.807, 2.05) is 0 Å². The van der Waals surface area contributed by atoms with Gasteiger partial charge in [-0.3, -0.25) is 4.90 Å². The van der Waals surface area contributed by atoms with E-state index in [0.29, 0.717) is 12.0 Å². The topological polar surface area (TPSA) is 47.6 Å². The summed E-state index contributed by atoms with van der Waals surface area (Å²) in [6.45, 7) is 5.16. The van der Waals surface area contributed by atoms with Gasteiger partial charge in [-0.1, -0.05) is 6.42 Å². The molecule has 2 heterocycles. The Hall–Kier alpha value is -0.810. The average molecular weight is 294 g/mol. The zero-order chi connectivity index (χ0) is 14.7. The Kier molecular flexibility index (Phi) is 5.01. The second-order valence-electron chi connectivity index (χ2n) is 7.13. The first-order valence-corrected chi connectivity index (χ1v) is 8.68. The average Bonchev–Trinajstić information content (AvgIpc) is 3.24. The van der Waals surface area contributed by atoms with Gasteiger partial charge in [-0.05, 0) is 51.6 Å². The molecule has 2 amide bonds. The van der Waals surface area contributed by atoms with Gasteiger partial charge >= 0.3 is 6.03 Å². The molecule has 1 saturated carbocycles. The number of rotatable bonds is 5. The first-order chi connectivity index (χ1) is 10.2. The highest BCUT2D eigenvalue weighted by atomic mass is 16.2. The Morgan fingerprint density at radius 1 is 1.05 bits per heavy atom. The predicted octanol–water partition coefficient (Wildman–Crippen LogP) is 1.25. The van der Waals surface area contributed by atoms with Crippen molar-refractivity contribution in [2.75, 3.05) is 39.8 Å². The molecule has 3 aliphatic rings. The summed E-state index contributed by atoms with van der Waals surface area (Å²) in [5.74, 6) is 0.606. The van der Waals surface area contributed by atoms with Gasteiger partial charge in [-0.15, -0.1) is 0 Å². The SMILES string of the molecule is CN1CCCCC(CNC(=O)NCC2CCN2C2CC2)C1. The lowest BCUT2D eigenvalue weighted by molar-refractivity contribution is 0.0823. The molecule has 0 aromatic heterocycles. The number of carbonyl (C=O) groups is 1. The number of nitrogens with zero attached hydrogens (tertiary/aromatic N) is 2. The molecule has 2 atom stereocenters. The first-order valence-electron chi connectivity index (χ1n) is 8.68. The van der Waals surface area contributed by atoms with E-state index in [0.717, 1.165) is 25.7 Å². The highest BCUT2D eigenvalue weighted by Gasteiger charge is 2.39. The minimum Gasteiger partial charge on any atom is -0.338 e. The molecule has 0 aromatic rings. The Bertz CT molecular complexity index is 358. The molecule has 1 aliphatic carbocycles. The molecular formula is C16H30N4O. The van der Waals surface area contributed by atoms with Crippen LogP contribution in [0, 0.1) is 5.92 Å². The van der Waals surface area contributed by atoms with Crippen molar-refractivity contribution in [1.29, 1.82) is 0 Å². The summed E-state index contributed by atoms with van der Waals surface area (Å²) in [6, 6.07) is 1.44.